The Bertz CT molecular complexity index is 228. The van der Waals surface area contributed by atoms with Gasteiger partial charge in [0.2, 0.25) is 0 Å². The van der Waals surface area contributed by atoms with Gasteiger partial charge in [-0.05, 0) is 0 Å². The van der Waals surface area contributed by atoms with Gasteiger partial charge in [0.25, 0.3) is 0 Å². The van der Waals surface area contributed by atoms with Gasteiger partial charge >= 0.3 is 70.0 Å². The van der Waals surface area contributed by atoms with E-state index in [0.29, 0.717) is 0 Å². The van der Waals surface area contributed by atoms with Crippen LogP contribution in [0.4, 0.5) is 0 Å². The monoisotopic (exact) mass is 181 g/mol. The first-order valence-corrected chi connectivity index (χ1v) is 4.43. The molecule has 1 aromatic carbocycles. The van der Waals surface area contributed by atoms with E-state index in [2.05, 4.69) is 15.8 Å². The molecule has 46 valence electrons. The van der Waals surface area contributed by atoms with Crippen LogP contribution in [-0.2, 0) is 18.1 Å². The molecule has 2 heteroatoms. The molecule has 1 rings (SSSR count). The molecule has 0 bridgehead atoms. The molecule has 0 saturated carbocycles. The Kier molecular flexibility index (Phi) is 3.17. The van der Waals surface area contributed by atoms with Crippen molar-refractivity contribution in [2.45, 2.75) is 0 Å². The Morgan fingerprint density at radius 3 is 2.50 bits per heavy atom. The van der Waals surface area contributed by atoms with Gasteiger partial charge in [-0.25, -0.2) is 0 Å². The van der Waals surface area contributed by atoms with Crippen LogP contribution in [0.3, 0.4) is 0 Å². The van der Waals surface area contributed by atoms with E-state index in [1.54, 1.807) is 0 Å². The van der Waals surface area contributed by atoms with E-state index >= 15 is 0 Å². The minimum absolute atomic E-state index is 0.976. The molecular formula is C8H7NZn. The van der Waals surface area contributed by atoms with Crippen LogP contribution in [-0.4, -0.2) is 0 Å². The summed E-state index contributed by atoms with van der Waals surface area (Å²) < 4.78 is 3.98. The summed E-state index contributed by atoms with van der Waals surface area (Å²) in [6.45, 7) is 0. The van der Waals surface area contributed by atoms with Crippen LogP contribution in [0.1, 0.15) is 5.56 Å². The molecule has 0 saturated heterocycles. The van der Waals surface area contributed by atoms with E-state index < -0.39 is 0 Å². The SMILES string of the molecule is [Zn]=[N]/C=C\c1ccccc1. The summed E-state index contributed by atoms with van der Waals surface area (Å²) in [5.74, 6) is 0. The van der Waals surface area contributed by atoms with E-state index in [1.807, 2.05) is 30.5 Å². The van der Waals surface area contributed by atoms with Gasteiger partial charge in [0.1, 0.15) is 0 Å². The van der Waals surface area contributed by atoms with Gasteiger partial charge in [-0.3, -0.25) is 0 Å². The van der Waals surface area contributed by atoms with Crippen LogP contribution in [0.5, 0.6) is 0 Å². The van der Waals surface area contributed by atoms with Gasteiger partial charge in [0.05, 0.1) is 0 Å². The average Bonchev–Trinajstić information content (AvgIpc) is 2.03. The molecule has 0 spiro atoms. The molecule has 1 aromatic rings. The molecule has 0 heterocycles. The zero-order chi connectivity index (χ0) is 7.23. The second-order valence-electron chi connectivity index (χ2n) is 1.91. The van der Waals surface area contributed by atoms with Crippen molar-refractivity contribution >= 4 is 6.08 Å². The van der Waals surface area contributed by atoms with Crippen LogP contribution < -0.4 is 0 Å². The summed E-state index contributed by atoms with van der Waals surface area (Å²) in [5.41, 5.74) is 1.21. The normalized spacial score (nSPS) is 10.2. The van der Waals surface area contributed by atoms with Crippen molar-refractivity contribution in [3.63, 3.8) is 0 Å². The molecule has 0 radical (unpaired) electrons. The predicted octanol–water partition coefficient (Wildman–Crippen LogP) is 2.39. The third-order valence-electron chi connectivity index (χ3n) is 1.17. The van der Waals surface area contributed by atoms with Gasteiger partial charge in [-0.15, -0.1) is 0 Å². The van der Waals surface area contributed by atoms with Gasteiger partial charge in [0, 0.05) is 0 Å². The molecule has 0 atom stereocenters. The van der Waals surface area contributed by atoms with Crippen LogP contribution in [0, 0.1) is 0 Å². The van der Waals surface area contributed by atoms with Crippen molar-refractivity contribution in [3.8, 4) is 0 Å². The molecule has 1 nitrogen and oxygen atoms in total. The summed E-state index contributed by atoms with van der Waals surface area (Å²) >= 11 is 0.976. The van der Waals surface area contributed by atoms with Gasteiger partial charge in [0.15, 0.2) is 0 Å². The summed E-state index contributed by atoms with van der Waals surface area (Å²) in [6, 6.07) is 10.2. The first-order chi connectivity index (χ1) is 4.93. The van der Waals surface area contributed by atoms with Crippen LogP contribution in [0.25, 0.3) is 6.08 Å². The van der Waals surface area contributed by atoms with E-state index in [0.717, 1.165) is 18.1 Å². The molecule has 0 aliphatic heterocycles. The van der Waals surface area contributed by atoms with Crippen LogP contribution >= 0.6 is 0 Å². The van der Waals surface area contributed by atoms with Crippen molar-refractivity contribution in [3.05, 3.63) is 42.1 Å². The van der Waals surface area contributed by atoms with Crippen molar-refractivity contribution < 1.29 is 18.1 Å². The number of hydrogen-bond acceptors (Lipinski definition) is 1. The fraction of sp³-hybridized carbons (Fsp3) is 0. The molecule has 0 fully saturated rings. The van der Waals surface area contributed by atoms with Crippen LogP contribution in [0.15, 0.2) is 40.2 Å². The van der Waals surface area contributed by atoms with E-state index in [9.17, 15) is 0 Å². The first kappa shape index (κ1) is 7.49. The Balaban J connectivity index is 2.76. The summed E-state index contributed by atoms with van der Waals surface area (Å²) in [4.78, 5) is 0. The third kappa shape index (κ3) is 2.32. The number of hydrogen-bond donors (Lipinski definition) is 0. The zero-order valence-electron chi connectivity index (χ0n) is 5.70. The Morgan fingerprint density at radius 2 is 1.90 bits per heavy atom. The molecule has 0 unspecified atom stereocenters. The average molecular weight is 183 g/mol. The van der Waals surface area contributed by atoms with Crippen LogP contribution in [0.2, 0.25) is 0 Å². The van der Waals surface area contributed by atoms with Gasteiger partial charge < -0.3 is 0 Å². The molecule has 0 aromatic heterocycles. The molecule has 0 aliphatic rings. The topological polar surface area (TPSA) is 12.4 Å². The summed E-state index contributed by atoms with van der Waals surface area (Å²) in [6.07, 6.45) is 3.85. The maximum absolute atomic E-state index is 3.98. The Hall–Kier alpha value is -0.617. The van der Waals surface area contributed by atoms with Gasteiger partial charge in [-0.1, -0.05) is 0 Å². The standard InChI is InChI=1S/C8H7N.Zn/c9-7-6-8-4-2-1-3-5-8;/h1-7H;/b7-6-;. The number of rotatable bonds is 2. The quantitative estimate of drug-likeness (QED) is 0.623. The van der Waals surface area contributed by atoms with Crippen molar-refractivity contribution in [1.29, 1.82) is 0 Å². The second kappa shape index (κ2) is 4.24. The molecule has 10 heavy (non-hydrogen) atoms. The Morgan fingerprint density at radius 1 is 1.20 bits per heavy atom. The van der Waals surface area contributed by atoms with Crippen molar-refractivity contribution in [2.24, 2.45) is 3.68 Å². The molecule has 0 aliphatic carbocycles. The molecule has 0 amide bonds. The second-order valence-corrected chi connectivity index (χ2v) is 2.68. The summed E-state index contributed by atoms with van der Waals surface area (Å²) in [5, 5.41) is 0. The predicted molar refractivity (Wildman–Crippen MR) is 37.9 cm³/mol. The number of benzene rings is 1. The molecular weight excluding hydrogens is 175 g/mol. The fourth-order valence-electron chi connectivity index (χ4n) is 0.703. The van der Waals surface area contributed by atoms with Crippen molar-refractivity contribution in [1.82, 2.24) is 0 Å². The Labute approximate surface area is 70.3 Å². The third-order valence-corrected chi connectivity index (χ3v) is 1.61. The fourth-order valence-corrected chi connectivity index (χ4v) is 0.924. The van der Waals surface area contributed by atoms with E-state index in [-0.39, 0.29) is 0 Å². The molecule has 0 N–H and O–H groups in total. The van der Waals surface area contributed by atoms with E-state index in [4.69, 9.17) is 0 Å². The maximum atomic E-state index is 3.98. The number of nitrogens with zero attached hydrogens (tertiary/aromatic N) is 1. The first-order valence-electron chi connectivity index (χ1n) is 3.11. The van der Waals surface area contributed by atoms with Gasteiger partial charge in [-0.2, -0.15) is 0 Å². The summed E-state index contributed by atoms with van der Waals surface area (Å²) in [7, 11) is 0. The van der Waals surface area contributed by atoms with Crippen molar-refractivity contribution in [2.75, 3.05) is 0 Å². The zero-order valence-corrected chi connectivity index (χ0v) is 8.66. The van der Waals surface area contributed by atoms with E-state index in [1.165, 1.54) is 5.56 Å². The minimum atomic E-state index is 0.976.